The summed E-state index contributed by atoms with van der Waals surface area (Å²) in [6.07, 6.45) is 18.6. The topological polar surface area (TPSA) is 145 Å². The van der Waals surface area contributed by atoms with Crippen molar-refractivity contribution >= 4 is 11.8 Å². The highest BCUT2D eigenvalue weighted by atomic mass is 16.6. The average molecular weight is 719 g/mol. The van der Waals surface area contributed by atoms with Crippen LogP contribution in [0.15, 0.2) is 11.6 Å². The van der Waals surface area contributed by atoms with Gasteiger partial charge in [-0.05, 0) is 107 Å². The van der Waals surface area contributed by atoms with Gasteiger partial charge in [0.05, 0.1) is 29.0 Å². The zero-order valence-electron chi connectivity index (χ0n) is 33.1. The van der Waals surface area contributed by atoms with E-state index in [-0.39, 0.29) is 30.5 Å². The lowest BCUT2D eigenvalue weighted by Crippen LogP contribution is -2.63. The number of aliphatic hydroxyl groups is 5. The van der Waals surface area contributed by atoms with Crippen LogP contribution in [0.5, 0.6) is 0 Å². The first-order valence-electron chi connectivity index (χ1n) is 20.9. The molecule has 0 aromatic carbocycles. The standard InChI is InChI=1S/C43H74O8/c1-7-8-9-10-11-12-13-14-15-16-17-18-19-20-38(47)51-35-29-40(4)30-21-25-41(5)36(42(6,49)37(46)23-24-39(2,3)48)22-26-43(41,50)31(30)27-33(44)32(40)28-34(35)45/h27,30,32,34-37,45-46,48-50H,7-26,28-29H2,1-6H3/t30-,32-,34+,35-,36-,37+,40+,41+,42+,43+/m0/s1. The van der Waals surface area contributed by atoms with Crippen LogP contribution in [0.3, 0.4) is 0 Å². The number of allylic oxidation sites excluding steroid dienone is 1. The third-order valence-corrected chi connectivity index (χ3v) is 14.3. The van der Waals surface area contributed by atoms with Gasteiger partial charge in [-0.15, -0.1) is 0 Å². The van der Waals surface area contributed by atoms with E-state index in [0.29, 0.717) is 50.5 Å². The minimum atomic E-state index is -1.50. The van der Waals surface area contributed by atoms with Crippen LogP contribution in [0.4, 0.5) is 0 Å². The molecule has 0 heterocycles. The number of aliphatic hydroxyl groups excluding tert-OH is 2. The molecule has 0 spiro atoms. The van der Waals surface area contributed by atoms with E-state index in [1.54, 1.807) is 26.8 Å². The summed E-state index contributed by atoms with van der Waals surface area (Å²) in [6, 6.07) is 0. The van der Waals surface area contributed by atoms with Crippen LogP contribution in [0, 0.1) is 28.6 Å². The molecule has 0 aliphatic heterocycles. The van der Waals surface area contributed by atoms with Gasteiger partial charge in [-0.3, -0.25) is 9.59 Å². The molecule has 0 saturated heterocycles. The zero-order valence-corrected chi connectivity index (χ0v) is 33.1. The fourth-order valence-corrected chi connectivity index (χ4v) is 10.9. The predicted octanol–water partition coefficient (Wildman–Crippen LogP) is 7.89. The lowest BCUT2D eigenvalue weighted by Gasteiger charge is -2.60. The Bertz CT molecular complexity index is 1190. The molecule has 0 amide bonds. The quantitative estimate of drug-likeness (QED) is 0.0632. The second kappa shape index (κ2) is 17.4. The van der Waals surface area contributed by atoms with Crippen molar-refractivity contribution in [1.29, 1.82) is 0 Å². The minimum Gasteiger partial charge on any atom is -0.460 e. The highest BCUT2D eigenvalue weighted by Crippen LogP contribution is 2.68. The summed E-state index contributed by atoms with van der Waals surface area (Å²) >= 11 is 0. The molecule has 10 atom stereocenters. The van der Waals surface area contributed by atoms with E-state index in [2.05, 4.69) is 13.8 Å². The van der Waals surface area contributed by atoms with Crippen LogP contribution in [-0.2, 0) is 14.3 Å². The molecule has 51 heavy (non-hydrogen) atoms. The van der Waals surface area contributed by atoms with Gasteiger partial charge < -0.3 is 30.3 Å². The number of unbranched alkanes of at least 4 members (excludes halogenated alkanes) is 12. The third-order valence-electron chi connectivity index (χ3n) is 14.3. The molecular formula is C43H74O8. The molecule has 3 saturated carbocycles. The van der Waals surface area contributed by atoms with Crippen LogP contribution < -0.4 is 0 Å². The van der Waals surface area contributed by atoms with Gasteiger partial charge in [0.15, 0.2) is 5.78 Å². The lowest BCUT2D eigenvalue weighted by atomic mass is 9.45. The van der Waals surface area contributed by atoms with E-state index in [9.17, 15) is 35.1 Å². The Morgan fingerprint density at radius 2 is 1.47 bits per heavy atom. The first-order valence-corrected chi connectivity index (χ1v) is 20.9. The molecule has 4 aliphatic carbocycles. The number of carbonyl (C=O) groups excluding carboxylic acids is 2. The molecule has 4 rings (SSSR count). The summed E-state index contributed by atoms with van der Waals surface area (Å²) in [5, 5.41) is 56.9. The lowest BCUT2D eigenvalue weighted by molar-refractivity contribution is -0.183. The smallest absolute Gasteiger partial charge is 0.306 e. The summed E-state index contributed by atoms with van der Waals surface area (Å²) in [4.78, 5) is 26.8. The van der Waals surface area contributed by atoms with Crippen LogP contribution in [0.2, 0.25) is 0 Å². The maximum Gasteiger partial charge on any atom is 0.306 e. The zero-order chi connectivity index (χ0) is 37.7. The van der Waals surface area contributed by atoms with Crippen molar-refractivity contribution in [2.45, 2.75) is 218 Å². The van der Waals surface area contributed by atoms with Crippen LogP contribution >= 0.6 is 0 Å². The summed E-state index contributed by atoms with van der Waals surface area (Å²) in [5.74, 6) is -1.36. The number of ketones is 1. The van der Waals surface area contributed by atoms with E-state index in [4.69, 9.17) is 4.74 Å². The number of rotatable bonds is 20. The molecule has 0 bridgehead atoms. The number of hydrogen-bond acceptors (Lipinski definition) is 8. The third kappa shape index (κ3) is 9.50. The normalized spacial score (nSPS) is 35.3. The van der Waals surface area contributed by atoms with Crippen molar-refractivity contribution in [2.75, 3.05) is 0 Å². The van der Waals surface area contributed by atoms with Crippen molar-refractivity contribution in [3.8, 4) is 0 Å². The molecule has 8 nitrogen and oxygen atoms in total. The summed E-state index contributed by atoms with van der Waals surface area (Å²) < 4.78 is 5.95. The molecule has 0 unspecified atom stereocenters. The molecule has 4 aliphatic rings. The number of fused-ring (bicyclic) bond motifs is 5. The first-order chi connectivity index (χ1) is 23.9. The van der Waals surface area contributed by atoms with E-state index >= 15 is 0 Å². The molecule has 0 aromatic heterocycles. The second-order valence-corrected chi connectivity index (χ2v) is 18.6. The molecular weight excluding hydrogens is 644 g/mol. The molecule has 0 aromatic rings. The largest absolute Gasteiger partial charge is 0.460 e. The Kier molecular flexibility index (Phi) is 14.5. The SMILES string of the molecule is CCCCCCCCCCCCCCCC(=O)O[C@H]1C[C@@]2(C)[C@@H](C[C@H]1O)C(=O)C=C1[C@@H]2CC[C@]2(C)[C@@H]([C@@](C)(O)[C@H](O)CCC(C)(C)O)CC[C@@]12O. The maximum absolute atomic E-state index is 13.8. The van der Waals surface area contributed by atoms with Gasteiger partial charge in [-0.1, -0.05) is 97.8 Å². The molecule has 294 valence electrons. The van der Waals surface area contributed by atoms with Crippen molar-refractivity contribution in [1.82, 2.24) is 0 Å². The summed E-state index contributed by atoms with van der Waals surface area (Å²) in [5.41, 5.74) is -4.46. The Hall–Kier alpha value is -1.32. The van der Waals surface area contributed by atoms with E-state index in [1.165, 1.54) is 64.2 Å². The fraction of sp³-hybridized carbons (Fsp3) is 0.907. The number of carbonyl (C=O) groups is 2. The number of esters is 1. The average Bonchev–Trinajstić information content (AvgIpc) is 3.34. The van der Waals surface area contributed by atoms with Crippen molar-refractivity contribution in [2.24, 2.45) is 28.6 Å². The minimum absolute atomic E-state index is 0.0994. The van der Waals surface area contributed by atoms with Gasteiger partial charge in [0, 0.05) is 17.8 Å². The Morgan fingerprint density at radius 1 is 0.902 bits per heavy atom. The second-order valence-electron chi connectivity index (χ2n) is 18.6. The Morgan fingerprint density at radius 3 is 2.04 bits per heavy atom. The van der Waals surface area contributed by atoms with Crippen molar-refractivity contribution in [3.63, 3.8) is 0 Å². The van der Waals surface area contributed by atoms with Gasteiger partial charge in [0.2, 0.25) is 0 Å². The van der Waals surface area contributed by atoms with Gasteiger partial charge in [-0.2, -0.15) is 0 Å². The van der Waals surface area contributed by atoms with Crippen molar-refractivity contribution in [3.05, 3.63) is 11.6 Å². The molecule has 5 N–H and O–H groups in total. The van der Waals surface area contributed by atoms with Gasteiger partial charge in [0.1, 0.15) is 6.10 Å². The molecule has 8 heteroatoms. The van der Waals surface area contributed by atoms with Crippen LogP contribution in [0.25, 0.3) is 0 Å². The van der Waals surface area contributed by atoms with Crippen molar-refractivity contribution < 1.29 is 39.9 Å². The van der Waals surface area contributed by atoms with Gasteiger partial charge in [0.25, 0.3) is 0 Å². The van der Waals surface area contributed by atoms with Gasteiger partial charge >= 0.3 is 5.97 Å². The predicted molar refractivity (Wildman–Crippen MR) is 201 cm³/mol. The Balaban J connectivity index is 1.31. The highest BCUT2D eigenvalue weighted by molar-refractivity contribution is 5.95. The monoisotopic (exact) mass is 719 g/mol. The number of hydrogen-bond donors (Lipinski definition) is 5. The summed E-state index contributed by atoms with van der Waals surface area (Å²) in [6.45, 7) is 11.3. The first kappa shape index (κ1) is 42.4. The van der Waals surface area contributed by atoms with Gasteiger partial charge in [-0.25, -0.2) is 0 Å². The molecule has 3 fully saturated rings. The number of ether oxygens (including phenoxy) is 1. The van der Waals surface area contributed by atoms with Crippen LogP contribution in [-0.4, -0.2) is 72.4 Å². The van der Waals surface area contributed by atoms with E-state index in [0.717, 1.165) is 19.3 Å². The van der Waals surface area contributed by atoms with E-state index < -0.39 is 57.8 Å². The van der Waals surface area contributed by atoms with Crippen LogP contribution in [0.1, 0.15) is 183 Å². The molecule has 0 radical (unpaired) electrons. The summed E-state index contributed by atoms with van der Waals surface area (Å²) in [7, 11) is 0. The van der Waals surface area contributed by atoms with E-state index in [1.807, 2.05) is 6.92 Å². The Labute approximate surface area is 309 Å². The highest BCUT2D eigenvalue weighted by Gasteiger charge is 2.69. The maximum atomic E-state index is 13.8. The fourth-order valence-electron chi connectivity index (χ4n) is 10.9.